The third-order valence-electron chi connectivity index (χ3n) is 4.42. The van der Waals surface area contributed by atoms with E-state index in [2.05, 4.69) is 64.6 Å². The van der Waals surface area contributed by atoms with Crippen LogP contribution in [-0.2, 0) is 0 Å². The van der Waals surface area contributed by atoms with Gasteiger partial charge in [-0.25, -0.2) is 4.98 Å². The number of amides is 1. The number of benzene rings is 1. The molecule has 0 saturated heterocycles. The van der Waals surface area contributed by atoms with Gasteiger partial charge in [0.2, 0.25) is 0 Å². The van der Waals surface area contributed by atoms with Crippen molar-refractivity contribution in [2.24, 2.45) is 10.2 Å². The zero-order valence-electron chi connectivity index (χ0n) is 15.0. The van der Waals surface area contributed by atoms with E-state index < -0.39 is 0 Å². The Balaban J connectivity index is 1.54. The predicted octanol–water partition coefficient (Wildman–Crippen LogP) is 4.63. The van der Waals surface area contributed by atoms with Gasteiger partial charge in [-0.3, -0.25) is 4.79 Å². The van der Waals surface area contributed by atoms with Gasteiger partial charge in [-0.1, -0.05) is 38.1 Å². The highest BCUT2D eigenvalue weighted by Gasteiger charge is 2.38. The maximum atomic E-state index is 12.3. The molecule has 2 heterocycles. The Morgan fingerprint density at radius 3 is 2.62 bits per heavy atom. The predicted molar refractivity (Wildman–Crippen MR) is 104 cm³/mol. The van der Waals surface area contributed by atoms with Gasteiger partial charge in [0.05, 0.1) is 0 Å². The molecule has 0 bridgehead atoms. The minimum absolute atomic E-state index is 0.168. The fourth-order valence-electron chi connectivity index (χ4n) is 2.66. The van der Waals surface area contributed by atoms with Crippen LogP contribution in [0.1, 0.15) is 55.1 Å². The summed E-state index contributed by atoms with van der Waals surface area (Å²) in [6.45, 7) is 4.84. The molecule has 0 atom stereocenters. The van der Waals surface area contributed by atoms with Crippen LogP contribution < -0.4 is 5.32 Å². The van der Waals surface area contributed by atoms with E-state index in [-0.39, 0.29) is 11.6 Å². The van der Waals surface area contributed by atoms with Gasteiger partial charge < -0.3 is 5.32 Å². The van der Waals surface area contributed by atoms with Gasteiger partial charge in [0.15, 0.2) is 5.66 Å². The summed E-state index contributed by atoms with van der Waals surface area (Å²) in [5.74, 6) is 2.93. The molecule has 0 unspecified atom stereocenters. The van der Waals surface area contributed by atoms with Crippen LogP contribution in [-0.4, -0.2) is 23.1 Å². The van der Waals surface area contributed by atoms with E-state index in [1.807, 2.05) is 0 Å². The maximum Gasteiger partial charge on any atom is 0.270 e. The monoisotopic (exact) mass is 366 g/mol. The van der Waals surface area contributed by atoms with E-state index in [0.717, 1.165) is 17.0 Å². The van der Waals surface area contributed by atoms with E-state index in [1.54, 1.807) is 5.38 Å². The molecule has 0 aliphatic carbocycles. The number of carbonyl (C=O) groups excluding carboxylic acids is 1. The van der Waals surface area contributed by atoms with Gasteiger partial charge in [0.25, 0.3) is 5.91 Å². The Labute approximate surface area is 158 Å². The molecule has 1 N–H and O–H groups in total. The maximum absolute atomic E-state index is 12.3. The number of nitrogens with one attached hydrogen (secondary N) is 1. The molecule has 3 rings (SSSR count). The fraction of sp³-hybridized carbons (Fsp3) is 0.400. The van der Waals surface area contributed by atoms with Crippen LogP contribution in [0.15, 0.2) is 39.9 Å². The van der Waals surface area contributed by atoms with Crippen molar-refractivity contribution in [3.05, 3.63) is 40.9 Å². The van der Waals surface area contributed by atoms with Gasteiger partial charge in [-0.2, -0.15) is 10.2 Å². The summed E-state index contributed by atoms with van der Waals surface area (Å²) >= 11 is 1.48. The van der Waals surface area contributed by atoms with Crippen molar-refractivity contribution in [2.45, 2.75) is 44.7 Å². The first-order chi connectivity index (χ1) is 12.5. The second-order valence-electron chi connectivity index (χ2n) is 6.71. The van der Waals surface area contributed by atoms with E-state index >= 15 is 0 Å². The van der Waals surface area contributed by atoms with E-state index in [0.29, 0.717) is 31.0 Å². The summed E-state index contributed by atoms with van der Waals surface area (Å²) in [7, 11) is 0. The van der Waals surface area contributed by atoms with Crippen LogP contribution in [0.3, 0.4) is 0 Å². The molecular weight excluding hydrogens is 344 g/mol. The summed E-state index contributed by atoms with van der Waals surface area (Å²) in [4.78, 5) is 16.8. The lowest BCUT2D eigenvalue weighted by atomic mass is 10.0. The van der Waals surface area contributed by atoms with Crippen LogP contribution in [0, 0.1) is 12.3 Å². The first-order valence-electron chi connectivity index (χ1n) is 8.74. The van der Waals surface area contributed by atoms with Gasteiger partial charge in [-0.05, 0) is 11.5 Å². The summed E-state index contributed by atoms with van der Waals surface area (Å²) < 4.78 is 0. The minimum Gasteiger partial charge on any atom is -0.351 e. The van der Waals surface area contributed by atoms with Gasteiger partial charge in [0, 0.05) is 36.8 Å². The van der Waals surface area contributed by atoms with Crippen LogP contribution in [0.5, 0.6) is 0 Å². The minimum atomic E-state index is -0.370. The second-order valence-corrected chi connectivity index (χ2v) is 7.57. The number of thiazole rings is 1. The van der Waals surface area contributed by atoms with Gasteiger partial charge >= 0.3 is 0 Å². The molecule has 26 heavy (non-hydrogen) atoms. The fourth-order valence-corrected chi connectivity index (χ4v) is 3.46. The van der Waals surface area contributed by atoms with E-state index in [9.17, 15) is 4.79 Å². The number of hydrogen-bond donors (Lipinski definition) is 1. The molecule has 1 aromatic heterocycles. The van der Waals surface area contributed by atoms with Crippen LogP contribution in [0.25, 0.3) is 10.6 Å². The largest absolute Gasteiger partial charge is 0.351 e. The Morgan fingerprint density at radius 1 is 1.27 bits per heavy atom. The molecule has 0 radical (unpaired) electrons. The lowest BCUT2D eigenvalue weighted by molar-refractivity contribution is 0.0947. The number of terminal acetylenes is 1. The summed E-state index contributed by atoms with van der Waals surface area (Å²) in [6, 6.07) is 8.33. The van der Waals surface area contributed by atoms with Gasteiger partial charge in [0.1, 0.15) is 10.7 Å². The molecule has 1 aliphatic rings. The summed E-state index contributed by atoms with van der Waals surface area (Å²) in [5, 5.41) is 13.7. The third kappa shape index (κ3) is 4.36. The molecule has 6 heteroatoms. The highest BCUT2D eigenvalue weighted by atomic mass is 32.1. The van der Waals surface area contributed by atoms with E-state index in [4.69, 9.17) is 6.42 Å². The number of carbonyl (C=O) groups is 1. The average molecular weight is 366 g/mol. The van der Waals surface area contributed by atoms with Crippen molar-refractivity contribution in [1.29, 1.82) is 0 Å². The first-order valence-corrected chi connectivity index (χ1v) is 9.62. The second kappa shape index (κ2) is 7.79. The van der Waals surface area contributed by atoms with Crippen molar-refractivity contribution in [3.8, 4) is 22.9 Å². The smallest absolute Gasteiger partial charge is 0.270 e. The normalized spacial score (nSPS) is 14.2. The number of aromatic nitrogens is 1. The molecule has 0 fully saturated rings. The Kier molecular flexibility index (Phi) is 5.48. The molecule has 2 aromatic rings. The average Bonchev–Trinajstić information content (AvgIpc) is 3.23. The quantitative estimate of drug-likeness (QED) is 0.692. The third-order valence-corrected chi connectivity index (χ3v) is 5.32. The first kappa shape index (κ1) is 18.3. The zero-order chi connectivity index (χ0) is 18.6. The van der Waals surface area contributed by atoms with E-state index in [1.165, 1.54) is 16.9 Å². The molecule has 0 saturated carbocycles. The molecule has 1 aliphatic heterocycles. The van der Waals surface area contributed by atoms with Crippen LogP contribution >= 0.6 is 11.3 Å². The number of nitrogens with zero attached hydrogens (tertiary/aromatic N) is 3. The Bertz CT molecular complexity index is 839. The van der Waals surface area contributed by atoms with Crippen molar-refractivity contribution >= 4 is 17.2 Å². The van der Waals surface area contributed by atoms with Crippen molar-refractivity contribution in [1.82, 2.24) is 10.3 Å². The molecule has 134 valence electrons. The highest BCUT2D eigenvalue weighted by molar-refractivity contribution is 7.13. The van der Waals surface area contributed by atoms with Crippen molar-refractivity contribution in [3.63, 3.8) is 0 Å². The Morgan fingerprint density at radius 2 is 2.00 bits per heavy atom. The zero-order valence-corrected chi connectivity index (χ0v) is 15.8. The SMILES string of the molecule is C#CCCC1(CCNC(=O)c2csc(-c3ccc(C(C)C)cc3)n2)N=N1. The topological polar surface area (TPSA) is 66.7 Å². The number of hydrogen-bond acceptors (Lipinski definition) is 5. The summed E-state index contributed by atoms with van der Waals surface area (Å²) in [5.41, 5.74) is 2.39. The molecule has 1 amide bonds. The standard InChI is InChI=1S/C20H22N4OS/c1-4-5-10-20(23-24-20)11-12-21-18(25)17-13-26-19(22-17)16-8-6-15(7-9-16)14(2)3/h1,6-9,13-14H,5,10-12H2,2-3H3,(H,21,25). The summed E-state index contributed by atoms with van der Waals surface area (Å²) in [6.07, 6.45) is 7.34. The molecule has 5 nitrogen and oxygen atoms in total. The van der Waals surface area contributed by atoms with Crippen LogP contribution in [0.2, 0.25) is 0 Å². The molecule has 1 aromatic carbocycles. The van der Waals surface area contributed by atoms with Crippen molar-refractivity contribution < 1.29 is 4.79 Å². The lowest BCUT2D eigenvalue weighted by Crippen LogP contribution is -2.28. The van der Waals surface area contributed by atoms with Crippen LogP contribution in [0.4, 0.5) is 0 Å². The lowest BCUT2D eigenvalue weighted by Gasteiger charge is -2.09. The number of rotatable bonds is 8. The van der Waals surface area contributed by atoms with Crippen molar-refractivity contribution in [2.75, 3.05) is 6.54 Å². The van der Waals surface area contributed by atoms with Gasteiger partial charge in [-0.15, -0.1) is 23.7 Å². The molecular formula is C20H22N4OS. The Hall–Kier alpha value is -2.52. The highest BCUT2D eigenvalue weighted by Crippen LogP contribution is 2.36. The molecule has 0 spiro atoms.